The Balaban J connectivity index is 2.34. The van der Waals surface area contributed by atoms with E-state index < -0.39 is 0 Å². The lowest BCUT2D eigenvalue weighted by Crippen LogP contribution is -2.18. The topological polar surface area (TPSA) is 60.2 Å². The van der Waals surface area contributed by atoms with Gasteiger partial charge >= 0.3 is 0 Å². The molecule has 0 aliphatic heterocycles. The van der Waals surface area contributed by atoms with Gasteiger partial charge in [0.25, 0.3) is 0 Å². The summed E-state index contributed by atoms with van der Waals surface area (Å²) < 4.78 is 6.46. The highest BCUT2D eigenvalue weighted by Crippen LogP contribution is 2.29. The van der Waals surface area contributed by atoms with E-state index in [1.165, 1.54) is 11.3 Å². The Morgan fingerprint density at radius 3 is 3.12 bits per heavy atom. The molecule has 0 fully saturated rings. The molecule has 0 aliphatic carbocycles. The van der Waals surface area contributed by atoms with Gasteiger partial charge in [-0.2, -0.15) is 0 Å². The Morgan fingerprint density at radius 1 is 1.62 bits per heavy atom. The molecule has 0 bridgehead atoms. The van der Waals surface area contributed by atoms with E-state index in [1.54, 1.807) is 0 Å². The molecule has 2 aromatic rings. The number of nitrogens with two attached hydrogens (primary N) is 1. The number of hydrogen-bond acceptors (Lipinski definition) is 4. The first-order valence-corrected chi connectivity index (χ1v) is 6.01. The fourth-order valence-corrected chi connectivity index (χ4v) is 2.39. The Labute approximate surface area is 102 Å². The van der Waals surface area contributed by atoms with E-state index in [0.717, 1.165) is 16.0 Å². The van der Waals surface area contributed by atoms with Crippen molar-refractivity contribution in [2.45, 2.75) is 6.92 Å². The van der Waals surface area contributed by atoms with Gasteiger partial charge in [0.05, 0.1) is 16.8 Å². The van der Waals surface area contributed by atoms with Crippen LogP contribution in [0.1, 0.15) is 6.92 Å². The molecule has 0 aliphatic rings. The van der Waals surface area contributed by atoms with Gasteiger partial charge in [0.1, 0.15) is 5.75 Å². The largest absolute Gasteiger partial charge is 0.494 e. The Kier molecular flexibility index (Phi) is 3.21. The van der Waals surface area contributed by atoms with Crippen LogP contribution >= 0.6 is 23.6 Å². The number of thiazole rings is 1. The van der Waals surface area contributed by atoms with E-state index in [1.807, 2.05) is 25.1 Å². The van der Waals surface area contributed by atoms with Crippen molar-refractivity contribution in [3.8, 4) is 5.75 Å². The Morgan fingerprint density at radius 2 is 2.44 bits per heavy atom. The number of nitrogens with zero attached hydrogens (tertiary/aromatic N) is 1. The van der Waals surface area contributed by atoms with Crippen molar-refractivity contribution in [3.63, 3.8) is 0 Å². The van der Waals surface area contributed by atoms with Crippen LogP contribution in [-0.2, 0) is 0 Å². The highest BCUT2D eigenvalue weighted by molar-refractivity contribution is 7.80. The van der Waals surface area contributed by atoms with Gasteiger partial charge in [-0.1, -0.05) is 11.3 Å². The van der Waals surface area contributed by atoms with Crippen LogP contribution in [0, 0.1) is 0 Å². The highest BCUT2D eigenvalue weighted by Gasteiger charge is 2.05. The summed E-state index contributed by atoms with van der Waals surface area (Å²) in [4.78, 5) is 4.34. The lowest BCUT2D eigenvalue weighted by Gasteiger charge is -2.00. The van der Waals surface area contributed by atoms with Crippen molar-refractivity contribution in [2.75, 3.05) is 11.9 Å². The number of hydrogen-bond donors (Lipinski definition) is 2. The molecule has 16 heavy (non-hydrogen) atoms. The zero-order valence-corrected chi connectivity index (χ0v) is 10.3. The van der Waals surface area contributed by atoms with Crippen LogP contribution in [0.25, 0.3) is 10.2 Å². The van der Waals surface area contributed by atoms with Crippen molar-refractivity contribution in [1.29, 1.82) is 0 Å². The standard InChI is InChI=1S/C10H11N3OS2/c1-2-14-6-3-4-7-8(5-6)16-10(12-7)13-9(11)15/h3-5H,2H2,1H3,(H3,11,12,13,15). The van der Waals surface area contributed by atoms with Gasteiger partial charge in [0, 0.05) is 0 Å². The van der Waals surface area contributed by atoms with Crippen molar-refractivity contribution < 1.29 is 4.74 Å². The predicted molar refractivity (Wildman–Crippen MR) is 71.2 cm³/mol. The van der Waals surface area contributed by atoms with Crippen LogP contribution in [-0.4, -0.2) is 16.7 Å². The van der Waals surface area contributed by atoms with Crippen molar-refractivity contribution in [3.05, 3.63) is 18.2 Å². The molecule has 1 heterocycles. The second kappa shape index (κ2) is 4.63. The Bertz CT molecular complexity index is 524. The van der Waals surface area contributed by atoms with Crippen LogP contribution in [0.5, 0.6) is 5.75 Å². The first-order valence-electron chi connectivity index (χ1n) is 4.79. The lowest BCUT2D eigenvalue weighted by atomic mass is 10.3. The third-order valence-corrected chi connectivity index (χ3v) is 2.94. The Hall–Kier alpha value is -1.40. The van der Waals surface area contributed by atoms with Gasteiger partial charge < -0.3 is 15.8 Å². The molecule has 0 atom stereocenters. The number of aromatic nitrogens is 1. The number of anilines is 1. The van der Waals surface area contributed by atoms with E-state index in [-0.39, 0.29) is 5.11 Å². The van der Waals surface area contributed by atoms with E-state index in [2.05, 4.69) is 10.3 Å². The van der Waals surface area contributed by atoms with Crippen LogP contribution in [0.2, 0.25) is 0 Å². The summed E-state index contributed by atoms with van der Waals surface area (Å²) in [6, 6.07) is 5.78. The molecule has 1 aromatic heterocycles. The summed E-state index contributed by atoms with van der Waals surface area (Å²) >= 11 is 6.25. The van der Waals surface area contributed by atoms with Gasteiger partial charge in [0.2, 0.25) is 0 Å². The fourth-order valence-electron chi connectivity index (χ4n) is 1.32. The molecular weight excluding hydrogens is 242 g/mol. The number of benzene rings is 1. The number of rotatable bonds is 3. The summed E-state index contributed by atoms with van der Waals surface area (Å²) in [7, 11) is 0. The molecule has 3 N–H and O–H groups in total. The maximum Gasteiger partial charge on any atom is 0.190 e. The van der Waals surface area contributed by atoms with Gasteiger partial charge in [-0.05, 0) is 37.3 Å². The number of nitrogens with one attached hydrogen (secondary N) is 1. The fraction of sp³-hybridized carbons (Fsp3) is 0.200. The highest BCUT2D eigenvalue weighted by atomic mass is 32.1. The molecular formula is C10H11N3OS2. The molecule has 2 rings (SSSR count). The van der Waals surface area contributed by atoms with Gasteiger partial charge in [-0.3, -0.25) is 0 Å². The summed E-state index contributed by atoms with van der Waals surface area (Å²) in [6.45, 7) is 2.61. The maximum atomic E-state index is 5.41. The molecule has 0 unspecified atom stereocenters. The average Bonchev–Trinajstić information content (AvgIpc) is 2.58. The smallest absolute Gasteiger partial charge is 0.190 e. The summed E-state index contributed by atoms with van der Waals surface area (Å²) in [5.74, 6) is 0.848. The van der Waals surface area contributed by atoms with Crippen LogP contribution < -0.4 is 15.8 Å². The first-order chi connectivity index (χ1) is 7.69. The van der Waals surface area contributed by atoms with E-state index in [4.69, 9.17) is 22.7 Å². The quantitative estimate of drug-likeness (QED) is 0.822. The summed E-state index contributed by atoms with van der Waals surface area (Å²) in [5.41, 5.74) is 6.30. The van der Waals surface area contributed by atoms with Gasteiger partial charge in [-0.15, -0.1) is 0 Å². The number of ether oxygens (including phenoxy) is 1. The minimum absolute atomic E-state index is 0.226. The minimum Gasteiger partial charge on any atom is -0.494 e. The van der Waals surface area contributed by atoms with Crippen LogP contribution in [0.3, 0.4) is 0 Å². The maximum absolute atomic E-state index is 5.41. The van der Waals surface area contributed by atoms with E-state index in [9.17, 15) is 0 Å². The summed E-state index contributed by atoms with van der Waals surface area (Å²) in [6.07, 6.45) is 0. The molecule has 0 amide bonds. The monoisotopic (exact) mass is 253 g/mol. The zero-order valence-electron chi connectivity index (χ0n) is 8.69. The van der Waals surface area contributed by atoms with Crippen LogP contribution in [0.4, 0.5) is 5.13 Å². The lowest BCUT2D eigenvalue weighted by molar-refractivity contribution is 0.341. The number of fused-ring (bicyclic) bond motifs is 1. The van der Waals surface area contributed by atoms with Gasteiger partial charge in [-0.25, -0.2) is 4.98 Å². The van der Waals surface area contributed by atoms with E-state index in [0.29, 0.717) is 11.7 Å². The third kappa shape index (κ3) is 2.40. The zero-order chi connectivity index (χ0) is 11.5. The SMILES string of the molecule is CCOc1ccc2nc(NC(N)=S)sc2c1. The average molecular weight is 253 g/mol. The van der Waals surface area contributed by atoms with Crippen molar-refractivity contribution >= 4 is 44.0 Å². The predicted octanol–water partition coefficient (Wildman–Crippen LogP) is 2.35. The second-order valence-corrected chi connectivity index (χ2v) is 4.54. The third-order valence-electron chi connectivity index (χ3n) is 1.90. The molecule has 0 saturated heterocycles. The molecule has 0 radical (unpaired) electrons. The molecule has 4 nitrogen and oxygen atoms in total. The molecule has 0 saturated carbocycles. The summed E-state index contributed by atoms with van der Waals surface area (Å²) in [5, 5.41) is 3.75. The molecule has 84 valence electrons. The van der Waals surface area contributed by atoms with Crippen LogP contribution in [0.15, 0.2) is 18.2 Å². The molecule has 1 aromatic carbocycles. The second-order valence-electron chi connectivity index (χ2n) is 3.07. The minimum atomic E-state index is 0.226. The molecule has 6 heteroatoms. The molecule has 0 spiro atoms. The van der Waals surface area contributed by atoms with Crippen molar-refractivity contribution in [1.82, 2.24) is 4.98 Å². The van der Waals surface area contributed by atoms with E-state index >= 15 is 0 Å². The number of thiocarbonyl (C=S) groups is 1. The van der Waals surface area contributed by atoms with Gasteiger partial charge in [0.15, 0.2) is 10.2 Å². The normalized spacial score (nSPS) is 10.3. The first kappa shape index (κ1) is 11.1. The van der Waals surface area contributed by atoms with Crippen molar-refractivity contribution in [2.24, 2.45) is 5.73 Å².